The predicted molar refractivity (Wildman–Crippen MR) is 107 cm³/mol. The number of nitrogens with zero attached hydrogens (tertiary/aromatic N) is 4. The van der Waals surface area contributed by atoms with Gasteiger partial charge >= 0.3 is 6.09 Å². The Morgan fingerprint density at radius 2 is 2.00 bits per heavy atom. The van der Waals surface area contributed by atoms with Crippen LogP contribution < -0.4 is 10.1 Å². The maximum Gasteiger partial charge on any atom is 0.412 e. The molecule has 0 aliphatic rings. The zero-order valence-corrected chi connectivity index (χ0v) is 16.5. The Balaban J connectivity index is 1.71. The van der Waals surface area contributed by atoms with Gasteiger partial charge in [-0.2, -0.15) is 5.10 Å². The quantitative estimate of drug-likeness (QED) is 0.655. The van der Waals surface area contributed by atoms with Crippen molar-refractivity contribution >= 4 is 11.8 Å². The first-order chi connectivity index (χ1) is 13.8. The minimum atomic E-state index is -0.584. The van der Waals surface area contributed by atoms with Crippen LogP contribution >= 0.6 is 0 Å². The monoisotopic (exact) mass is 397 g/mol. The number of hydrogen-bond donors (Lipinski definition) is 2. The summed E-state index contributed by atoms with van der Waals surface area (Å²) >= 11 is 0. The summed E-state index contributed by atoms with van der Waals surface area (Å²) in [5.74, 6) is 0.829. The highest BCUT2D eigenvalue weighted by Gasteiger charge is 2.16. The molecule has 2 N–H and O–H groups in total. The average molecular weight is 397 g/mol. The van der Waals surface area contributed by atoms with Gasteiger partial charge in [0.05, 0.1) is 18.8 Å². The zero-order chi connectivity index (χ0) is 20.9. The second-order valence-electron chi connectivity index (χ2n) is 7.19. The highest BCUT2D eigenvalue weighted by molar-refractivity contribution is 5.85. The standard InChI is InChI=1S/C20H23N5O4/c1-20(2,3)29-19(27)23-14-5-4-6-15(11-14)28-18-12-17(21-13-22-18)16-7-8-25(24-16)9-10-26/h4-8,11-13,26H,9-10H2,1-3H3,(H,23,27). The molecule has 0 bridgehead atoms. The van der Waals surface area contributed by atoms with Gasteiger partial charge in [-0.05, 0) is 39.0 Å². The van der Waals surface area contributed by atoms with Crippen LogP contribution in [0.2, 0.25) is 0 Å². The molecule has 2 heterocycles. The molecule has 0 spiro atoms. The normalized spacial score (nSPS) is 11.2. The van der Waals surface area contributed by atoms with Crippen molar-refractivity contribution in [3.63, 3.8) is 0 Å². The molecule has 9 nitrogen and oxygen atoms in total. The average Bonchev–Trinajstić information content (AvgIpc) is 3.10. The number of carbonyl (C=O) groups is 1. The number of benzene rings is 1. The summed E-state index contributed by atoms with van der Waals surface area (Å²) in [7, 11) is 0. The molecular weight excluding hydrogens is 374 g/mol. The van der Waals surface area contributed by atoms with E-state index in [0.29, 0.717) is 35.2 Å². The minimum Gasteiger partial charge on any atom is -0.444 e. The van der Waals surface area contributed by atoms with Crippen molar-refractivity contribution in [2.75, 3.05) is 11.9 Å². The lowest BCUT2D eigenvalue weighted by molar-refractivity contribution is 0.0636. The number of hydrogen-bond acceptors (Lipinski definition) is 7. The van der Waals surface area contributed by atoms with Crippen molar-refractivity contribution in [1.29, 1.82) is 0 Å². The molecule has 2 aromatic heterocycles. The smallest absolute Gasteiger partial charge is 0.412 e. The molecule has 1 aromatic carbocycles. The molecule has 0 atom stereocenters. The molecule has 1 amide bonds. The second kappa shape index (κ2) is 8.70. The van der Waals surface area contributed by atoms with E-state index in [1.54, 1.807) is 68.0 Å². The van der Waals surface area contributed by atoms with E-state index in [0.717, 1.165) is 0 Å². The molecule has 9 heteroatoms. The maximum absolute atomic E-state index is 11.9. The third kappa shape index (κ3) is 6.01. The zero-order valence-electron chi connectivity index (χ0n) is 16.5. The van der Waals surface area contributed by atoms with Gasteiger partial charge in [0.1, 0.15) is 23.4 Å². The predicted octanol–water partition coefficient (Wildman–Crippen LogP) is 3.47. The fourth-order valence-corrected chi connectivity index (χ4v) is 2.44. The molecule has 3 aromatic rings. The maximum atomic E-state index is 11.9. The van der Waals surface area contributed by atoms with Crippen LogP contribution in [0.15, 0.2) is 48.9 Å². The SMILES string of the molecule is CC(C)(C)OC(=O)Nc1cccc(Oc2cc(-c3ccn(CCO)n3)ncn2)c1. The first kappa shape index (κ1) is 20.3. The Hall–Kier alpha value is -3.46. The van der Waals surface area contributed by atoms with Crippen LogP contribution in [0.5, 0.6) is 11.6 Å². The molecule has 0 fully saturated rings. The summed E-state index contributed by atoms with van der Waals surface area (Å²) in [4.78, 5) is 20.3. The second-order valence-corrected chi connectivity index (χ2v) is 7.19. The largest absolute Gasteiger partial charge is 0.444 e. The van der Waals surface area contributed by atoms with Crippen LogP contribution in [-0.4, -0.2) is 43.2 Å². The molecule has 0 saturated carbocycles. The fourth-order valence-electron chi connectivity index (χ4n) is 2.44. The third-order valence-corrected chi connectivity index (χ3v) is 3.58. The molecule has 3 rings (SSSR count). The van der Waals surface area contributed by atoms with Gasteiger partial charge < -0.3 is 14.6 Å². The Labute approximate surface area is 168 Å². The van der Waals surface area contributed by atoms with Crippen molar-refractivity contribution in [1.82, 2.24) is 19.7 Å². The van der Waals surface area contributed by atoms with E-state index in [1.165, 1.54) is 6.33 Å². The summed E-state index contributed by atoms with van der Waals surface area (Å²) in [5, 5.41) is 16.0. The number of anilines is 1. The first-order valence-corrected chi connectivity index (χ1v) is 9.07. The number of rotatable bonds is 6. The van der Waals surface area contributed by atoms with Gasteiger partial charge in [-0.25, -0.2) is 14.8 Å². The summed E-state index contributed by atoms with van der Waals surface area (Å²) in [6, 6.07) is 10.4. The van der Waals surface area contributed by atoms with Crippen molar-refractivity contribution in [3.05, 3.63) is 48.9 Å². The van der Waals surface area contributed by atoms with E-state index in [1.807, 2.05) is 0 Å². The Kier molecular flexibility index (Phi) is 6.08. The molecule has 0 saturated heterocycles. The first-order valence-electron chi connectivity index (χ1n) is 9.07. The van der Waals surface area contributed by atoms with Crippen molar-refractivity contribution in [3.8, 4) is 23.0 Å². The number of nitrogens with one attached hydrogen (secondary N) is 1. The van der Waals surface area contributed by atoms with Crippen molar-refractivity contribution in [2.45, 2.75) is 32.9 Å². The van der Waals surface area contributed by atoms with Gasteiger partial charge in [-0.3, -0.25) is 10.00 Å². The summed E-state index contributed by atoms with van der Waals surface area (Å²) in [6.45, 7) is 5.81. The summed E-state index contributed by atoms with van der Waals surface area (Å²) in [6.07, 6.45) is 2.61. The van der Waals surface area contributed by atoms with Crippen LogP contribution in [0.1, 0.15) is 20.8 Å². The number of carbonyl (C=O) groups excluding carboxylic acids is 1. The topological polar surface area (TPSA) is 111 Å². The van der Waals surface area contributed by atoms with E-state index in [9.17, 15) is 4.79 Å². The number of amides is 1. The molecule has 152 valence electrons. The van der Waals surface area contributed by atoms with E-state index in [-0.39, 0.29) is 6.61 Å². The van der Waals surface area contributed by atoms with Crippen LogP contribution in [0.4, 0.5) is 10.5 Å². The van der Waals surface area contributed by atoms with Gasteiger partial charge in [0.25, 0.3) is 0 Å². The lowest BCUT2D eigenvalue weighted by Gasteiger charge is -2.19. The van der Waals surface area contributed by atoms with E-state index in [2.05, 4.69) is 20.4 Å². The number of aromatic nitrogens is 4. The van der Waals surface area contributed by atoms with Gasteiger partial charge in [0, 0.05) is 24.0 Å². The molecule has 0 aliphatic heterocycles. The Morgan fingerprint density at radius 3 is 2.76 bits per heavy atom. The number of aliphatic hydroxyl groups excluding tert-OH is 1. The van der Waals surface area contributed by atoms with Gasteiger partial charge in [-0.1, -0.05) is 6.07 Å². The van der Waals surface area contributed by atoms with Crippen LogP contribution in [0.3, 0.4) is 0 Å². The minimum absolute atomic E-state index is 0.00687. The van der Waals surface area contributed by atoms with Crippen LogP contribution in [0.25, 0.3) is 11.4 Å². The Morgan fingerprint density at radius 1 is 1.17 bits per heavy atom. The van der Waals surface area contributed by atoms with Gasteiger partial charge in [0.2, 0.25) is 5.88 Å². The molecule has 0 unspecified atom stereocenters. The van der Waals surface area contributed by atoms with Crippen molar-refractivity contribution in [2.24, 2.45) is 0 Å². The molecule has 0 radical (unpaired) electrons. The van der Waals surface area contributed by atoms with Crippen molar-refractivity contribution < 1.29 is 19.4 Å². The third-order valence-electron chi connectivity index (χ3n) is 3.58. The number of aliphatic hydroxyl groups is 1. The summed E-state index contributed by atoms with van der Waals surface area (Å²) < 4.78 is 12.7. The molecule has 0 aliphatic carbocycles. The van der Waals surface area contributed by atoms with E-state index in [4.69, 9.17) is 14.6 Å². The lowest BCUT2D eigenvalue weighted by Crippen LogP contribution is -2.27. The van der Waals surface area contributed by atoms with Gasteiger partial charge in [-0.15, -0.1) is 0 Å². The fraction of sp³-hybridized carbons (Fsp3) is 0.300. The lowest BCUT2D eigenvalue weighted by atomic mass is 10.2. The molecular formula is C20H23N5O4. The van der Waals surface area contributed by atoms with Crippen LogP contribution in [0, 0.1) is 0 Å². The highest BCUT2D eigenvalue weighted by Crippen LogP contribution is 2.25. The molecule has 29 heavy (non-hydrogen) atoms. The Bertz CT molecular complexity index is 981. The number of ether oxygens (including phenoxy) is 2. The van der Waals surface area contributed by atoms with Crippen LogP contribution in [-0.2, 0) is 11.3 Å². The summed E-state index contributed by atoms with van der Waals surface area (Å²) in [5.41, 5.74) is 1.19. The van der Waals surface area contributed by atoms with Gasteiger partial charge in [0.15, 0.2) is 0 Å². The van der Waals surface area contributed by atoms with E-state index < -0.39 is 11.7 Å². The van der Waals surface area contributed by atoms with E-state index >= 15 is 0 Å². The highest BCUT2D eigenvalue weighted by atomic mass is 16.6.